The summed E-state index contributed by atoms with van der Waals surface area (Å²) in [6.07, 6.45) is 4.61. The van der Waals surface area contributed by atoms with Gasteiger partial charge in [0.2, 0.25) is 5.91 Å². The van der Waals surface area contributed by atoms with Gasteiger partial charge in [-0.15, -0.1) is 0 Å². The Hall–Kier alpha value is -3.13. The molecule has 1 aromatic carbocycles. The van der Waals surface area contributed by atoms with Crippen LogP contribution in [0.15, 0.2) is 53.1 Å². The number of hydrogen-bond donors (Lipinski definition) is 1. The number of nitrogens with zero attached hydrogens (tertiary/aromatic N) is 2. The molecule has 1 N–H and O–H groups in total. The van der Waals surface area contributed by atoms with Crippen molar-refractivity contribution in [3.8, 4) is 0 Å². The van der Waals surface area contributed by atoms with Crippen molar-refractivity contribution in [1.82, 2.24) is 10.2 Å². The third-order valence-electron chi connectivity index (χ3n) is 6.45. The number of furan rings is 1. The highest BCUT2D eigenvalue weighted by molar-refractivity contribution is 6.18. The van der Waals surface area contributed by atoms with E-state index in [9.17, 15) is 14.4 Å². The van der Waals surface area contributed by atoms with Crippen molar-refractivity contribution in [3.63, 3.8) is 0 Å². The molecule has 0 radical (unpaired) electrons. The van der Waals surface area contributed by atoms with Crippen LogP contribution in [0.2, 0.25) is 0 Å². The lowest BCUT2D eigenvalue weighted by Crippen LogP contribution is -2.66. The van der Waals surface area contributed by atoms with Crippen molar-refractivity contribution < 1.29 is 23.5 Å². The van der Waals surface area contributed by atoms with Gasteiger partial charge in [-0.25, -0.2) is 9.69 Å². The first-order valence-electron chi connectivity index (χ1n) is 10.8. The van der Waals surface area contributed by atoms with E-state index in [1.54, 1.807) is 42.7 Å². The Morgan fingerprint density at radius 3 is 2.65 bits per heavy atom. The number of fused-ring (bicyclic) bond motifs is 3. The zero-order chi connectivity index (χ0) is 21.4. The molecule has 0 bridgehead atoms. The van der Waals surface area contributed by atoms with Crippen LogP contribution in [0, 0.1) is 5.92 Å². The minimum Gasteiger partial charge on any atom is -0.467 e. The second-order valence-corrected chi connectivity index (χ2v) is 8.31. The Morgan fingerprint density at radius 1 is 1.06 bits per heavy atom. The number of carbonyl (C=O) groups excluding carboxylic acids is 3. The molecule has 4 unspecified atom stereocenters. The molecular weight excluding hydrogens is 398 g/mol. The molecule has 1 aromatic heterocycles. The molecule has 4 amide bonds. The molecule has 4 atom stereocenters. The van der Waals surface area contributed by atoms with E-state index in [0.29, 0.717) is 11.4 Å². The van der Waals surface area contributed by atoms with Gasteiger partial charge in [-0.2, -0.15) is 0 Å². The number of urea groups is 1. The van der Waals surface area contributed by atoms with Crippen LogP contribution in [-0.4, -0.2) is 47.5 Å². The standard InChI is InChI=1S/C23H25N3O5/c27-19(24-13-16-9-6-12-30-16)14-25-20-17-10-4-5-11-18(17)31-21(20)22(28)26(23(25)29)15-7-2-1-3-8-15/h1-3,6-9,12,17-18,20-21H,4-5,10-11,13-14H2,(H,24,27). The van der Waals surface area contributed by atoms with Gasteiger partial charge in [-0.1, -0.05) is 31.0 Å². The smallest absolute Gasteiger partial charge is 0.332 e. The second kappa shape index (κ2) is 8.19. The molecule has 5 rings (SSSR count). The number of carbonyl (C=O) groups is 3. The van der Waals surface area contributed by atoms with Gasteiger partial charge in [0.25, 0.3) is 5.91 Å². The summed E-state index contributed by atoms with van der Waals surface area (Å²) < 4.78 is 11.4. The Morgan fingerprint density at radius 2 is 1.87 bits per heavy atom. The molecule has 3 heterocycles. The summed E-state index contributed by atoms with van der Waals surface area (Å²) in [5, 5.41) is 2.80. The summed E-state index contributed by atoms with van der Waals surface area (Å²) in [5.41, 5.74) is 0.482. The summed E-state index contributed by atoms with van der Waals surface area (Å²) in [7, 11) is 0. The number of rotatable bonds is 5. The lowest BCUT2D eigenvalue weighted by atomic mass is 9.81. The van der Waals surface area contributed by atoms with Crippen LogP contribution in [0.4, 0.5) is 10.5 Å². The van der Waals surface area contributed by atoms with Gasteiger partial charge in [0.15, 0.2) is 6.10 Å². The summed E-state index contributed by atoms with van der Waals surface area (Å²) in [4.78, 5) is 42.2. The van der Waals surface area contributed by atoms with Crippen LogP contribution in [0.3, 0.4) is 0 Å². The van der Waals surface area contributed by atoms with Gasteiger partial charge in [0, 0.05) is 5.92 Å². The second-order valence-electron chi connectivity index (χ2n) is 8.31. The van der Waals surface area contributed by atoms with Crippen LogP contribution in [0.25, 0.3) is 0 Å². The Kier molecular flexibility index (Phi) is 5.23. The molecule has 162 valence electrons. The van der Waals surface area contributed by atoms with Gasteiger partial charge in [0.05, 0.1) is 30.6 Å². The molecule has 2 saturated heterocycles. The number of ether oxygens (including phenoxy) is 1. The Labute approximate surface area is 180 Å². The summed E-state index contributed by atoms with van der Waals surface area (Å²) in [6.45, 7) is 0.107. The van der Waals surface area contributed by atoms with Gasteiger partial charge in [-0.3, -0.25) is 9.59 Å². The molecule has 8 heteroatoms. The molecule has 2 aromatic rings. The molecule has 1 saturated carbocycles. The van der Waals surface area contributed by atoms with Crippen LogP contribution < -0.4 is 10.2 Å². The molecule has 3 fully saturated rings. The Bertz CT molecular complexity index is 961. The predicted octanol–water partition coefficient (Wildman–Crippen LogP) is 2.69. The molecule has 3 aliphatic rings. The number of imide groups is 1. The fraction of sp³-hybridized carbons (Fsp3) is 0.435. The third kappa shape index (κ3) is 3.61. The minimum atomic E-state index is -0.746. The fourth-order valence-corrected chi connectivity index (χ4v) is 5.05. The number of nitrogens with one attached hydrogen (secondary N) is 1. The lowest BCUT2D eigenvalue weighted by Gasteiger charge is -2.42. The van der Waals surface area contributed by atoms with Crippen molar-refractivity contribution in [2.24, 2.45) is 5.92 Å². The maximum atomic E-state index is 13.5. The zero-order valence-corrected chi connectivity index (χ0v) is 17.1. The molecular formula is C23H25N3O5. The van der Waals surface area contributed by atoms with Gasteiger partial charge < -0.3 is 19.4 Å². The monoisotopic (exact) mass is 423 g/mol. The maximum Gasteiger partial charge on any atom is 0.332 e. The van der Waals surface area contributed by atoms with Gasteiger partial charge in [-0.05, 0) is 37.1 Å². The normalized spacial score (nSPS) is 27.7. The van der Waals surface area contributed by atoms with Crippen LogP contribution >= 0.6 is 0 Å². The minimum absolute atomic E-state index is 0.0510. The van der Waals surface area contributed by atoms with Crippen molar-refractivity contribution in [3.05, 3.63) is 54.5 Å². The van der Waals surface area contributed by atoms with E-state index in [-0.39, 0.29) is 36.9 Å². The van der Waals surface area contributed by atoms with Crippen molar-refractivity contribution >= 4 is 23.5 Å². The predicted molar refractivity (Wildman–Crippen MR) is 111 cm³/mol. The van der Waals surface area contributed by atoms with E-state index in [1.807, 2.05) is 6.07 Å². The van der Waals surface area contributed by atoms with Crippen molar-refractivity contribution in [2.45, 2.75) is 50.5 Å². The average Bonchev–Trinajstić information content (AvgIpc) is 3.44. The number of anilines is 1. The van der Waals surface area contributed by atoms with E-state index in [4.69, 9.17) is 9.15 Å². The number of hydrogen-bond acceptors (Lipinski definition) is 5. The van der Waals surface area contributed by atoms with E-state index in [1.165, 1.54) is 4.90 Å². The van der Waals surface area contributed by atoms with Gasteiger partial charge in [0.1, 0.15) is 12.3 Å². The molecule has 1 aliphatic carbocycles. The highest BCUT2D eigenvalue weighted by Crippen LogP contribution is 2.43. The number of amides is 4. The van der Waals surface area contributed by atoms with E-state index in [2.05, 4.69) is 5.32 Å². The number of para-hydroxylation sites is 1. The molecule has 2 aliphatic heterocycles. The zero-order valence-electron chi connectivity index (χ0n) is 17.1. The average molecular weight is 423 g/mol. The van der Waals surface area contributed by atoms with Crippen molar-refractivity contribution in [1.29, 1.82) is 0 Å². The lowest BCUT2D eigenvalue weighted by molar-refractivity contribution is -0.134. The summed E-state index contributed by atoms with van der Waals surface area (Å²) in [6, 6.07) is 11.4. The topological polar surface area (TPSA) is 92.1 Å². The fourth-order valence-electron chi connectivity index (χ4n) is 5.05. The van der Waals surface area contributed by atoms with Crippen LogP contribution in [0.1, 0.15) is 31.4 Å². The Balaban J connectivity index is 1.42. The quantitative estimate of drug-likeness (QED) is 0.798. The van der Waals surface area contributed by atoms with Crippen LogP contribution in [0.5, 0.6) is 0 Å². The number of benzene rings is 1. The third-order valence-corrected chi connectivity index (χ3v) is 6.45. The maximum absolute atomic E-state index is 13.5. The van der Waals surface area contributed by atoms with Crippen molar-refractivity contribution in [2.75, 3.05) is 11.4 Å². The van der Waals surface area contributed by atoms with E-state index >= 15 is 0 Å². The largest absolute Gasteiger partial charge is 0.467 e. The molecule has 31 heavy (non-hydrogen) atoms. The van der Waals surface area contributed by atoms with E-state index in [0.717, 1.165) is 30.6 Å². The first-order chi connectivity index (χ1) is 15.1. The molecule has 0 spiro atoms. The summed E-state index contributed by atoms with van der Waals surface area (Å²) >= 11 is 0. The first kappa shape index (κ1) is 19.8. The van der Waals surface area contributed by atoms with Crippen LogP contribution in [-0.2, 0) is 20.9 Å². The SMILES string of the molecule is O=C(CN1C(=O)N(c2ccccc2)C(=O)C2OC3CCCCC3C21)NCc1ccco1. The first-order valence-corrected chi connectivity index (χ1v) is 10.8. The highest BCUT2D eigenvalue weighted by atomic mass is 16.5. The van der Waals surface area contributed by atoms with E-state index < -0.39 is 18.2 Å². The van der Waals surface area contributed by atoms with Gasteiger partial charge >= 0.3 is 6.03 Å². The summed E-state index contributed by atoms with van der Waals surface area (Å²) in [5.74, 6) is 0.0595. The highest BCUT2D eigenvalue weighted by Gasteiger charge is 2.57. The molecule has 8 nitrogen and oxygen atoms in total.